The van der Waals surface area contributed by atoms with Gasteiger partial charge >= 0.3 is 0 Å². The fraction of sp³-hybridized carbons (Fsp3) is 0.667. The van der Waals surface area contributed by atoms with Gasteiger partial charge < -0.3 is 9.63 Å². The van der Waals surface area contributed by atoms with Crippen LogP contribution in [0.25, 0.3) is 0 Å². The Balaban J connectivity index is 1.62. The Morgan fingerprint density at radius 2 is 2.27 bits per heavy atom. The molecule has 0 spiro atoms. The summed E-state index contributed by atoms with van der Waals surface area (Å²) >= 11 is 0. The molecule has 3 rings (SSSR count). The Labute approximate surface area is 129 Å². The molecule has 2 atom stereocenters. The summed E-state index contributed by atoms with van der Waals surface area (Å²) in [5.74, 6) is 1.66. The van der Waals surface area contributed by atoms with Crippen molar-refractivity contribution >= 4 is 0 Å². The van der Waals surface area contributed by atoms with Crippen molar-refractivity contribution in [2.45, 2.75) is 51.3 Å². The molecule has 1 saturated heterocycles. The number of β-amino-alcohol motifs (C(OH)–C–C–N with tert-alkyl or cyclic N) is 1. The van der Waals surface area contributed by atoms with Crippen LogP contribution in [0.4, 0.5) is 0 Å². The molecule has 2 aromatic heterocycles. The van der Waals surface area contributed by atoms with Crippen LogP contribution < -0.4 is 0 Å². The summed E-state index contributed by atoms with van der Waals surface area (Å²) < 4.78 is 7.06. The lowest BCUT2D eigenvalue weighted by molar-refractivity contribution is 0.0869. The lowest BCUT2D eigenvalue weighted by atomic mass is 10.2. The standard InChI is InChI=1S/C15H23N5O2/c1-11(2)15-17-14(18-22-15)13-5-3-7-19(13)9-12(21)10-20-8-4-6-16-20/h4,6,8,11-13,21H,3,5,7,9-10H2,1-2H3. The Morgan fingerprint density at radius 1 is 1.41 bits per heavy atom. The first-order chi connectivity index (χ1) is 10.6. The third-order valence-electron chi connectivity index (χ3n) is 4.02. The Hall–Kier alpha value is -1.73. The molecule has 0 aliphatic carbocycles. The van der Waals surface area contributed by atoms with Crippen LogP contribution in [0.3, 0.4) is 0 Å². The predicted molar refractivity (Wildman–Crippen MR) is 80.2 cm³/mol. The van der Waals surface area contributed by atoms with Crippen LogP contribution >= 0.6 is 0 Å². The molecule has 1 aliphatic rings. The zero-order valence-corrected chi connectivity index (χ0v) is 13.1. The van der Waals surface area contributed by atoms with Crippen molar-refractivity contribution in [1.82, 2.24) is 24.8 Å². The quantitative estimate of drug-likeness (QED) is 0.873. The molecule has 0 radical (unpaired) electrons. The molecule has 0 aromatic carbocycles. The minimum atomic E-state index is -0.461. The summed E-state index contributed by atoms with van der Waals surface area (Å²) in [6.07, 6.45) is 5.21. The average Bonchev–Trinajstić information content (AvgIpc) is 3.18. The maximum absolute atomic E-state index is 10.3. The minimum Gasteiger partial charge on any atom is -0.390 e. The zero-order valence-electron chi connectivity index (χ0n) is 13.1. The van der Waals surface area contributed by atoms with Crippen molar-refractivity contribution in [3.8, 4) is 0 Å². The van der Waals surface area contributed by atoms with E-state index in [4.69, 9.17) is 4.52 Å². The van der Waals surface area contributed by atoms with Crippen molar-refractivity contribution < 1.29 is 9.63 Å². The number of nitrogens with zero attached hydrogens (tertiary/aromatic N) is 5. The fourth-order valence-electron chi connectivity index (χ4n) is 2.91. The molecule has 3 heterocycles. The van der Waals surface area contributed by atoms with E-state index in [1.165, 1.54) is 0 Å². The Bertz CT molecular complexity index is 581. The second-order valence-corrected chi connectivity index (χ2v) is 6.18. The molecule has 1 aliphatic heterocycles. The monoisotopic (exact) mass is 305 g/mol. The maximum Gasteiger partial charge on any atom is 0.229 e. The Morgan fingerprint density at radius 3 is 2.95 bits per heavy atom. The number of rotatable bonds is 6. The predicted octanol–water partition coefficient (Wildman–Crippen LogP) is 1.59. The molecule has 120 valence electrons. The summed E-state index contributed by atoms with van der Waals surface area (Å²) in [6.45, 7) is 6.12. The largest absolute Gasteiger partial charge is 0.390 e. The molecule has 7 nitrogen and oxygen atoms in total. The van der Waals surface area contributed by atoms with Crippen LogP contribution in [0.5, 0.6) is 0 Å². The minimum absolute atomic E-state index is 0.142. The average molecular weight is 305 g/mol. The highest BCUT2D eigenvalue weighted by Crippen LogP contribution is 2.30. The Kier molecular flexibility index (Phi) is 4.54. The fourth-order valence-corrected chi connectivity index (χ4v) is 2.91. The van der Waals surface area contributed by atoms with Crippen molar-refractivity contribution in [3.05, 3.63) is 30.2 Å². The molecule has 1 N–H and O–H groups in total. The highest BCUT2D eigenvalue weighted by atomic mass is 16.5. The van der Waals surface area contributed by atoms with Gasteiger partial charge in [-0.05, 0) is 25.5 Å². The van der Waals surface area contributed by atoms with E-state index in [0.29, 0.717) is 19.0 Å². The van der Waals surface area contributed by atoms with Gasteiger partial charge in [0.25, 0.3) is 0 Å². The molecule has 0 amide bonds. The SMILES string of the molecule is CC(C)c1nc(C2CCCN2CC(O)Cn2cccn2)no1. The normalized spacial score (nSPS) is 20.8. The van der Waals surface area contributed by atoms with E-state index in [9.17, 15) is 5.11 Å². The molecule has 1 fully saturated rings. The van der Waals surface area contributed by atoms with E-state index in [1.807, 2.05) is 26.1 Å². The van der Waals surface area contributed by atoms with Gasteiger partial charge in [0.1, 0.15) is 0 Å². The summed E-state index contributed by atoms with van der Waals surface area (Å²) in [5.41, 5.74) is 0. The van der Waals surface area contributed by atoms with Crippen molar-refractivity contribution in [1.29, 1.82) is 0 Å². The number of hydrogen-bond donors (Lipinski definition) is 1. The van der Waals surface area contributed by atoms with E-state index in [1.54, 1.807) is 10.9 Å². The third kappa shape index (κ3) is 3.36. The van der Waals surface area contributed by atoms with Gasteiger partial charge in [-0.3, -0.25) is 9.58 Å². The highest BCUT2D eigenvalue weighted by molar-refractivity contribution is 5.00. The molecule has 7 heteroatoms. The van der Waals surface area contributed by atoms with Gasteiger partial charge in [0.2, 0.25) is 5.89 Å². The molecule has 22 heavy (non-hydrogen) atoms. The number of likely N-dealkylation sites (tertiary alicyclic amines) is 1. The lowest BCUT2D eigenvalue weighted by Gasteiger charge is -2.24. The van der Waals surface area contributed by atoms with Crippen LogP contribution in [-0.2, 0) is 6.54 Å². The van der Waals surface area contributed by atoms with Gasteiger partial charge in [-0.15, -0.1) is 0 Å². The summed E-state index contributed by atoms with van der Waals surface area (Å²) in [5, 5.41) is 18.5. The van der Waals surface area contributed by atoms with E-state index in [-0.39, 0.29) is 12.0 Å². The van der Waals surface area contributed by atoms with Crippen molar-refractivity contribution in [3.63, 3.8) is 0 Å². The smallest absolute Gasteiger partial charge is 0.229 e. The molecular weight excluding hydrogens is 282 g/mol. The summed E-state index contributed by atoms with van der Waals surface area (Å²) in [7, 11) is 0. The molecule has 0 saturated carbocycles. The van der Waals surface area contributed by atoms with Crippen LogP contribution in [0.1, 0.15) is 50.4 Å². The summed E-state index contributed by atoms with van der Waals surface area (Å²) in [6, 6.07) is 2.00. The van der Waals surface area contributed by atoms with Crippen molar-refractivity contribution in [2.24, 2.45) is 0 Å². The van der Waals surface area contributed by atoms with E-state index in [2.05, 4.69) is 20.1 Å². The second-order valence-electron chi connectivity index (χ2n) is 6.18. The molecule has 2 aromatic rings. The summed E-state index contributed by atoms with van der Waals surface area (Å²) in [4.78, 5) is 6.75. The van der Waals surface area contributed by atoms with Gasteiger partial charge in [0.15, 0.2) is 5.82 Å². The molecule has 2 unspecified atom stereocenters. The van der Waals surface area contributed by atoms with Crippen molar-refractivity contribution in [2.75, 3.05) is 13.1 Å². The number of aliphatic hydroxyl groups excluding tert-OH is 1. The molecule has 0 bridgehead atoms. The first kappa shape index (κ1) is 15.2. The highest BCUT2D eigenvalue weighted by Gasteiger charge is 2.31. The van der Waals surface area contributed by atoms with Gasteiger partial charge in [-0.1, -0.05) is 19.0 Å². The third-order valence-corrected chi connectivity index (χ3v) is 4.02. The topological polar surface area (TPSA) is 80.2 Å². The van der Waals surface area contributed by atoms with Gasteiger partial charge in [0.05, 0.1) is 18.7 Å². The van der Waals surface area contributed by atoms with Crippen LogP contribution in [0.15, 0.2) is 23.0 Å². The maximum atomic E-state index is 10.3. The number of aromatic nitrogens is 4. The van der Waals surface area contributed by atoms with Gasteiger partial charge in [0, 0.05) is 24.9 Å². The van der Waals surface area contributed by atoms with Gasteiger partial charge in [-0.2, -0.15) is 10.1 Å². The first-order valence-electron chi connectivity index (χ1n) is 7.86. The van der Waals surface area contributed by atoms with E-state index < -0.39 is 6.10 Å². The van der Waals surface area contributed by atoms with Crippen LogP contribution in [0.2, 0.25) is 0 Å². The van der Waals surface area contributed by atoms with E-state index in [0.717, 1.165) is 25.2 Å². The second kappa shape index (κ2) is 6.58. The first-order valence-corrected chi connectivity index (χ1v) is 7.86. The van der Waals surface area contributed by atoms with Gasteiger partial charge in [-0.25, -0.2) is 0 Å². The van der Waals surface area contributed by atoms with Crippen LogP contribution in [-0.4, -0.2) is 49.1 Å². The van der Waals surface area contributed by atoms with Crippen LogP contribution in [0, 0.1) is 0 Å². The lowest BCUT2D eigenvalue weighted by Crippen LogP contribution is -2.35. The van der Waals surface area contributed by atoms with E-state index >= 15 is 0 Å². The zero-order chi connectivity index (χ0) is 15.5. The molecular formula is C15H23N5O2. The number of hydrogen-bond acceptors (Lipinski definition) is 6. The number of aliphatic hydroxyl groups is 1.